The second-order valence-corrected chi connectivity index (χ2v) is 5.29. The SMILES string of the molecule is NC(=O)C[C@@H](NC(=O)C1CNCCO1)c1cccc(Cl)c1. The zero-order chi connectivity index (χ0) is 15.2. The first-order valence-corrected chi connectivity index (χ1v) is 7.10. The van der Waals surface area contributed by atoms with E-state index in [9.17, 15) is 9.59 Å². The van der Waals surface area contributed by atoms with Crippen LogP contribution < -0.4 is 16.4 Å². The molecule has 4 N–H and O–H groups in total. The van der Waals surface area contributed by atoms with Crippen molar-refractivity contribution in [1.29, 1.82) is 0 Å². The highest BCUT2D eigenvalue weighted by atomic mass is 35.5. The van der Waals surface area contributed by atoms with Crippen molar-refractivity contribution < 1.29 is 14.3 Å². The number of halogens is 1. The van der Waals surface area contributed by atoms with Gasteiger partial charge in [-0.05, 0) is 17.7 Å². The normalized spacial score (nSPS) is 19.8. The Bertz CT molecular complexity index is 518. The molecule has 0 saturated carbocycles. The van der Waals surface area contributed by atoms with Gasteiger partial charge in [0.05, 0.1) is 19.1 Å². The molecular weight excluding hydrogens is 294 g/mol. The van der Waals surface area contributed by atoms with Crippen molar-refractivity contribution in [1.82, 2.24) is 10.6 Å². The number of carbonyl (C=O) groups is 2. The van der Waals surface area contributed by atoms with E-state index >= 15 is 0 Å². The first kappa shape index (κ1) is 15.8. The van der Waals surface area contributed by atoms with Crippen molar-refractivity contribution in [3.63, 3.8) is 0 Å². The first-order valence-electron chi connectivity index (χ1n) is 6.72. The van der Waals surface area contributed by atoms with Crippen LogP contribution in [-0.2, 0) is 14.3 Å². The molecule has 1 aromatic rings. The lowest BCUT2D eigenvalue weighted by molar-refractivity contribution is -0.135. The topological polar surface area (TPSA) is 93.5 Å². The summed E-state index contributed by atoms with van der Waals surface area (Å²) in [5.41, 5.74) is 5.99. The zero-order valence-electron chi connectivity index (χ0n) is 11.5. The molecule has 0 bridgehead atoms. The monoisotopic (exact) mass is 311 g/mol. The minimum Gasteiger partial charge on any atom is -0.370 e. The number of ether oxygens (including phenoxy) is 1. The maximum atomic E-state index is 12.2. The van der Waals surface area contributed by atoms with Crippen molar-refractivity contribution >= 4 is 23.4 Å². The van der Waals surface area contributed by atoms with Gasteiger partial charge in [-0.15, -0.1) is 0 Å². The van der Waals surface area contributed by atoms with E-state index in [1.54, 1.807) is 24.3 Å². The number of hydrogen-bond acceptors (Lipinski definition) is 4. The Hall–Kier alpha value is -1.63. The smallest absolute Gasteiger partial charge is 0.250 e. The Morgan fingerprint density at radius 2 is 2.33 bits per heavy atom. The third kappa shape index (κ3) is 4.70. The van der Waals surface area contributed by atoms with E-state index < -0.39 is 18.1 Å². The number of carbonyl (C=O) groups excluding carboxylic acids is 2. The van der Waals surface area contributed by atoms with Crippen LogP contribution in [0.2, 0.25) is 5.02 Å². The van der Waals surface area contributed by atoms with Gasteiger partial charge >= 0.3 is 0 Å². The Morgan fingerprint density at radius 1 is 1.52 bits per heavy atom. The van der Waals surface area contributed by atoms with Gasteiger partial charge in [0.1, 0.15) is 6.10 Å². The van der Waals surface area contributed by atoms with Crippen molar-refractivity contribution in [3.05, 3.63) is 34.9 Å². The minimum atomic E-state index is -0.562. The molecule has 1 saturated heterocycles. The molecule has 0 radical (unpaired) electrons. The highest BCUT2D eigenvalue weighted by Gasteiger charge is 2.25. The molecule has 0 aliphatic carbocycles. The minimum absolute atomic E-state index is 0.00618. The molecule has 0 spiro atoms. The Kier molecular flexibility index (Phi) is 5.55. The predicted molar refractivity (Wildman–Crippen MR) is 78.8 cm³/mol. The molecular formula is C14H18ClN3O3. The lowest BCUT2D eigenvalue weighted by atomic mass is 10.0. The van der Waals surface area contributed by atoms with Gasteiger partial charge in [0.25, 0.3) is 5.91 Å². The summed E-state index contributed by atoms with van der Waals surface area (Å²) < 4.78 is 5.39. The molecule has 1 aliphatic rings. The molecule has 1 fully saturated rings. The summed E-state index contributed by atoms with van der Waals surface area (Å²) in [6.07, 6.45) is -0.556. The third-order valence-corrected chi connectivity index (χ3v) is 3.43. The van der Waals surface area contributed by atoms with Gasteiger partial charge in [-0.2, -0.15) is 0 Å². The lowest BCUT2D eigenvalue weighted by Gasteiger charge is -2.25. The van der Waals surface area contributed by atoms with Gasteiger partial charge < -0.3 is 21.1 Å². The molecule has 2 amide bonds. The van der Waals surface area contributed by atoms with Crippen LogP contribution in [0, 0.1) is 0 Å². The van der Waals surface area contributed by atoms with Crippen molar-refractivity contribution in [2.75, 3.05) is 19.7 Å². The van der Waals surface area contributed by atoms with Crippen molar-refractivity contribution in [3.8, 4) is 0 Å². The van der Waals surface area contributed by atoms with Crippen LogP contribution in [0.3, 0.4) is 0 Å². The third-order valence-electron chi connectivity index (χ3n) is 3.19. The second-order valence-electron chi connectivity index (χ2n) is 4.85. The van der Waals surface area contributed by atoms with Crippen LogP contribution in [0.25, 0.3) is 0 Å². The number of primary amides is 1. The molecule has 114 valence electrons. The average Bonchev–Trinajstić information content (AvgIpc) is 2.47. The molecule has 21 heavy (non-hydrogen) atoms. The Balaban J connectivity index is 2.08. The van der Waals surface area contributed by atoms with Crippen molar-refractivity contribution in [2.24, 2.45) is 5.73 Å². The van der Waals surface area contributed by atoms with E-state index in [0.717, 1.165) is 12.1 Å². The van der Waals surface area contributed by atoms with E-state index in [0.29, 0.717) is 18.2 Å². The van der Waals surface area contributed by atoms with E-state index in [-0.39, 0.29) is 12.3 Å². The van der Waals surface area contributed by atoms with Gasteiger partial charge in [0, 0.05) is 18.1 Å². The van der Waals surface area contributed by atoms with E-state index in [4.69, 9.17) is 22.1 Å². The summed E-state index contributed by atoms with van der Waals surface area (Å²) in [7, 11) is 0. The van der Waals surface area contributed by atoms with Gasteiger partial charge in [0.2, 0.25) is 5.91 Å². The number of hydrogen-bond donors (Lipinski definition) is 3. The number of morpholine rings is 1. The zero-order valence-corrected chi connectivity index (χ0v) is 12.2. The lowest BCUT2D eigenvalue weighted by Crippen LogP contribution is -2.48. The van der Waals surface area contributed by atoms with Gasteiger partial charge in [0.15, 0.2) is 0 Å². The number of amides is 2. The molecule has 2 rings (SSSR count). The van der Waals surface area contributed by atoms with Crippen LogP contribution in [0.4, 0.5) is 0 Å². The molecule has 1 heterocycles. The molecule has 1 aromatic carbocycles. The van der Waals surface area contributed by atoms with E-state index in [1.807, 2.05) is 0 Å². The molecule has 0 aromatic heterocycles. The van der Waals surface area contributed by atoms with Crippen LogP contribution >= 0.6 is 11.6 Å². The quantitative estimate of drug-likeness (QED) is 0.732. The largest absolute Gasteiger partial charge is 0.370 e. The highest BCUT2D eigenvalue weighted by molar-refractivity contribution is 6.30. The number of nitrogens with one attached hydrogen (secondary N) is 2. The van der Waals surface area contributed by atoms with E-state index in [2.05, 4.69) is 10.6 Å². The molecule has 7 heteroatoms. The Labute approximate surface area is 128 Å². The summed E-state index contributed by atoms with van der Waals surface area (Å²) in [4.78, 5) is 23.4. The average molecular weight is 312 g/mol. The second kappa shape index (κ2) is 7.40. The summed E-state index contributed by atoms with van der Waals surface area (Å²) >= 11 is 5.95. The van der Waals surface area contributed by atoms with Crippen LogP contribution in [0.5, 0.6) is 0 Å². The van der Waals surface area contributed by atoms with Crippen molar-refractivity contribution in [2.45, 2.75) is 18.6 Å². The number of nitrogens with two attached hydrogens (primary N) is 1. The summed E-state index contributed by atoms with van der Waals surface area (Å²) in [6.45, 7) is 1.66. The van der Waals surface area contributed by atoms with Gasteiger partial charge in [-0.1, -0.05) is 23.7 Å². The predicted octanol–water partition coefficient (Wildman–Crippen LogP) is 0.361. The molecule has 1 aliphatic heterocycles. The fourth-order valence-corrected chi connectivity index (χ4v) is 2.37. The molecule has 2 atom stereocenters. The standard InChI is InChI=1S/C14H18ClN3O3/c15-10-3-1-2-9(6-10)11(7-13(16)19)18-14(20)12-8-17-4-5-21-12/h1-3,6,11-12,17H,4-5,7-8H2,(H2,16,19)(H,18,20)/t11-,12?/m1/s1. The fraction of sp³-hybridized carbons (Fsp3) is 0.429. The van der Waals surface area contributed by atoms with Crippen LogP contribution in [-0.4, -0.2) is 37.6 Å². The summed E-state index contributed by atoms with van der Waals surface area (Å²) in [6, 6.07) is 6.47. The number of rotatable bonds is 5. The maximum Gasteiger partial charge on any atom is 0.250 e. The first-order chi connectivity index (χ1) is 10.1. The van der Waals surface area contributed by atoms with E-state index in [1.165, 1.54) is 0 Å². The molecule has 6 nitrogen and oxygen atoms in total. The number of benzene rings is 1. The Morgan fingerprint density at radius 3 is 2.95 bits per heavy atom. The highest BCUT2D eigenvalue weighted by Crippen LogP contribution is 2.20. The fourth-order valence-electron chi connectivity index (χ4n) is 2.18. The van der Waals surface area contributed by atoms with Crippen LogP contribution in [0.15, 0.2) is 24.3 Å². The molecule has 1 unspecified atom stereocenters. The van der Waals surface area contributed by atoms with Crippen LogP contribution in [0.1, 0.15) is 18.0 Å². The summed E-state index contributed by atoms with van der Waals surface area (Å²) in [5, 5.41) is 6.41. The summed E-state index contributed by atoms with van der Waals surface area (Å²) in [5.74, 6) is -0.767. The maximum absolute atomic E-state index is 12.2. The van der Waals surface area contributed by atoms with Gasteiger partial charge in [-0.25, -0.2) is 0 Å². The van der Waals surface area contributed by atoms with Gasteiger partial charge in [-0.3, -0.25) is 9.59 Å².